The minimum Gasteiger partial charge on any atom is -0.355 e. The fraction of sp³-hybridized carbons (Fsp3) is 0.857. The van der Waals surface area contributed by atoms with Crippen LogP contribution in [0.1, 0.15) is 40.0 Å². The fourth-order valence-electron chi connectivity index (χ4n) is 2.40. The van der Waals surface area contributed by atoms with Crippen molar-refractivity contribution in [2.24, 2.45) is 5.41 Å². The summed E-state index contributed by atoms with van der Waals surface area (Å²) in [6, 6.07) is 0. The van der Waals surface area contributed by atoms with E-state index in [4.69, 9.17) is 0 Å². The first-order valence-electron chi connectivity index (χ1n) is 7.30. The summed E-state index contributed by atoms with van der Waals surface area (Å²) in [5.74, 6) is 0.0456. The topological polar surface area (TPSA) is 61.4 Å². The van der Waals surface area contributed by atoms with Crippen LogP contribution in [-0.2, 0) is 9.59 Å². The van der Waals surface area contributed by atoms with Crippen molar-refractivity contribution in [3.63, 3.8) is 0 Å². The van der Waals surface area contributed by atoms with E-state index in [1.54, 1.807) is 4.90 Å². The van der Waals surface area contributed by atoms with Gasteiger partial charge in [-0.15, -0.1) is 0 Å². The summed E-state index contributed by atoms with van der Waals surface area (Å²) in [6.45, 7) is 9.12. The normalized spacial score (nSPS) is 22.3. The molecule has 19 heavy (non-hydrogen) atoms. The van der Waals surface area contributed by atoms with E-state index in [1.807, 2.05) is 20.8 Å². The predicted molar refractivity (Wildman–Crippen MR) is 75.8 cm³/mol. The Hall–Kier alpha value is -1.10. The van der Waals surface area contributed by atoms with Crippen LogP contribution in [0.25, 0.3) is 0 Å². The number of hydrogen-bond donors (Lipinski definition) is 2. The molecular weight excluding hydrogens is 242 g/mol. The van der Waals surface area contributed by atoms with Gasteiger partial charge in [0.2, 0.25) is 11.8 Å². The number of nitrogens with zero attached hydrogens (tertiary/aromatic N) is 1. The van der Waals surface area contributed by atoms with Gasteiger partial charge >= 0.3 is 0 Å². The monoisotopic (exact) mass is 269 g/mol. The van der Waals surface area contributed by atoms with Crippen LogP contribution in [0.4, 0.5) is 0 Å². The van der Waals surface area contributed by atoms with Crippen molar-refractivity contribution in [2.75, 3.05) is 32.7 Å². The van der Waals surface area contributed by atoms with Crippen LogP contribution in [0, 0.1) is 5.41 Å². The van der Waals surface area contributed by atoms with Crippen LogP contribution in [0.15, 0.2) is 0 Å². The van der Waals surface area contributed by atoms with E-state index >= 15 is 0 Å². The fourth-order valence-corrected chi connectivity index (χ4v) is 2.40. The summed E-state index contributed by atoms with van der Waals surface area (Å²) in [6.07, 6.45) is 2.63. The zero-order chi connectivity index (χ0) is 14.3. The maximum Gasteiger partial charge on any atom is 0.239 e. The highest BCUT2D eigenvalue weighted by Gasteiger charge is 2.39. The minimum atomic E-state index is -0.347. The van der Waals surface area contributed by atoms with Gasteiger partial charge < -0.3 is 15.5 Å². The molecule has 0 radical (unpaired) electrons. The van der Waals surface area contributed by atoms with Crippen molar-refractivity contribution < 1.29 is 9.59 Å². The molecule has 0 saturated carbocycles. The van der Waals surface area contributed by atoms with Gasteiger partial charge in [0, 0.05) is 19.6 Å². The standard InChI is InChI=1S/C14H27N3O2/c1-4-7-16-12(18)10-17(9-5-2)13(19)14(3)6-8-15-11-14/h15H,4-11H2,1-3H3,(H,16,18). The molecule has 1 rings (SSSR count). The molecule has 0 aliphatic carbocycles. The molecule has 5 heteroatoms. The van der Waals surface area contributed by atoms with E-state index in [9.17, 15) is 9.59 Å². The summed E-state index contributed by atoms with van der Waals surface area (Å²) >= 11 is 0. The van der Waals surface area contributed by atoms with Crippen molar-refractivity contribution >= 4 is 11.8 Å². The van der Waals surface area contributed by atoms with E-state index in [2.05, 4.69) is 10.6 Å². The van der Waals surface area contributed by atoms with Crippen molar-refractivity contribution in [3.05, 3.63) is 0 Å². The second-order valence-electron chi connectivity index (χ2n) is 5.56. The molecule has 1 saturated heterocycles. The van der Waals surface area contributed by atoms with Crippen molar-refractivity contribution in [1.82, 2.24) is 15.5 Å². The van der Waals surface area contributed by atoms with Crippen LogP contribution in [0.3, 0.4) is 0 Å². The van der Waals surface area contributed by atoms with Gasteiger partial charge in [-0.05, 0) is 32.7 Å². The number of hydrogen-bond acceptors (Lipinski definition) is 3. The molecular formula is C14H27N3O2. The van der Waals surface area contributed by atoms with Crippen LogP contribution in [0.2, 0.25) is 0 Å². The molecule has 1 heterocycles. The summed E-state index contributed by atoms with van der Waals surface area (Å²) in [5, 5.41) is 6.06. The van der Waals surface area contributed by atoms with Gasteiger partial charge in [0.05, 0.1) is 12.0 Å². The number of nitrogens with one attached hydrogen (secondary N) is 2. The van der Waals surface area contributed by atoms with E-state index in [0.29, 0.717) is 19.6 Å². The first-order valence-corrected chi connectivity index (χ1v) is 7.30. The minimum absolute atomic E-state index is 0.0572. The zero-order valence-electron chi connectivity index (χ0n) is 12.4. The Kier molecular flexibility index (Phi) is 6.28. The number of rotatable bonds is 7. The molecule has 1 aliphatic rings. The summed E-state index contributed by atoms with van der Waals surface area (Å²) in [7, 11) is 0. The van der Waals surface area contributed by atoms with E-state index in [1.165, 1.54) is 0 Å². The summed E-state index contributed by atoms with van der Waals surface area (Å²) < 4.78 is 0. The van der Waals surface area contributed by atoms with E-state index in [0.717, 1.165) is 25.8 Å². The third kappa shape index (κ3) is 4.49. The lowest BCUT2D eigenvalue weighted by Gasteiger charge is -2.30. The molecule has 2 N–H and O–H groups in total. The molecule has 0 aromatic heterocycles. The Morgan fingerprint density at radius 1 is 1.32 bits per heavy atom. The molecule has 5 nitrogen and oxygen atoms in total. The average molecular weight is 269 g/mol. The quantitative estimate of drug-likeness (QED) is 0.717. The smallest absolute Gasteiger partial charge is 0.239 e. The summed E-state index contributed by atoms with van der Waals surface area (Å²) in [5.41, 5.74) is -0.347. The lowest BCUT2D eigenvalue weighted by atomic mass is 9.88. The Morgan fingerprint density at radius 2 is 2.05 bits per heavy atom. The Labute approximate surface area is 116 Å². The molecule has 1 atom stereocenters. The molecule has 1 fully saturated rings. The maximum atomic E-state index is 12.6. The molecule has 0 aromatic carbocycles. The van der Waals surface area contributed by atoms with Gasteiger partial charge in [-0.25, -0.2) is 0 Å². The highest BCUT2D eigenvalue weighted by Crippen LogP contribution is 2.27. The highest BCUT2D eigenvalue weighted by atomic mass is 16.2. The first-order chi connectivity index (χ1) is 9.03. The van der Waals surface area contributed by atoms with Gasteiger partial charge in [0.25, 0.3) is 0 Å². The second kappa shape index (κ2) is 7.48. The van der Waals surface area contributed by atoms with Gasteiger partial charge in [-0.3, -0.25) is 9.59 Å². The number of carbonyl (C=O) groups is 2. The summed E-state index contributed by atoms with van der Waals surface area (Å²) in [4.78, 5) is 26.1. The van der Waals surface area contributed by atoms with E-state index in [-0.39, 0.29) is 23.8 Å². The predicted octanol–water partition coefficient (Wildman–Crippen LogP) is 0.751. The molecule has 1 unspecified atom stereocenters. The van der Waals surface area contributed by atoms with Crippen molar-refractivity contribution in [3.8, 4) is 0 Å². The highest BCUT2D eigenvalue weighted by molar-refractivity contribution is 5.88. The Bertz CT molecular complexity index is 312. The van der Waals surface area contributed by atoms with Crippen LogP contribution >= 0.6 is 0 Å². The molecule has 0 spiro atoms. The number of carbonyl (C=O) groups excluding carboxylic acids is 2. The lowest BCUT2D eigenvalue weighted by molar-refractivity contribution is -0.143. The van der Waals surface area contributed by atoms with Crippen LogP contribution < -0.4 is 10.6 Å². The third-order valence-corrected chi connectivity index (χ3v) is 3.57. The van der Waals surface area contributed by atoms with Crippen LogP contribution in [-0.4, -0.2) is 49.4 Å². The maximum absolute atomic E-state index is 12.6. The molecule has 110 valence electrons. The largest absolute Gasteiger partial charge is 0.355 e. The lowest BCUT2D eigenvalue weighted by Crippen LogP contribution is -2.48. The molecule has 1 aliphatic heterocycles. The van der Waals surface area contributed by atoms with Crippen molar-refractivity contribution in [2.45, 2.75) is 40.0 Å². The SMILES string of the molecule is CCCNC(=O)CN(CCC)C(=O)C1(C)CCNC1. The third-order valence-electron chi connectivity index (χ3n) is 3.57. The molecule has 2 amide bonds. The number of amides is 2. The zero-order valence-corrected chi connectivity index (χ0v) is 12.4. The first kappa shape index (κ1) is 16.0. The van der Waals surface area contributed by atoms with Gasteiger partial charge in [0.15, 0.2) is 0 Å². The van der Waals surface area contributed by atoms with Gasteiger partial charge in [-0.1, -0.05) is 13.8 Å². The molecule has 0 aromatic rings. The van der Waals surface area contributed by atoms with Crippen molar-refractivity contribution in [1.29, 1.82) is 0 Å². The molecule has 0 bridgehead atoms. The van der Waals surface area contributed by atoms with Gasteiger partial charge in [-0.2, -0.15) is 0 Å². The Balaban J connectivity index is 2.60. The van der Waals surface area contributed by atoms with Crippen LogP contribution in [0.5, 0.6) is 0 Å². The van der Waals surface area contributed by atoms with Gasteiger partial charge in [0.1, 0.15) is 0 Å². The van der Waals surface area contributed by atoms with E-state index < -0.39 is 0 Å². The Morgan fingerprint density at radius 3 is 2.58 bits per heavy atom. The average Bonchev–Trinajstić information content (AvgIpc) is 2.83. The second-order valence-corrected chi connectivity index (χ2v) is 5.56.